The Morgan fingerprint density at radius 1 is 1.26 bits per heavy atom. The van der Waals surface area contributed by atoms with Gasteiger partial charge in [0.15, 0.2) is 0 Å². The number of β-amino-alcohol motifs (C(OH)–C–C–N with tert-alkyl or cyclic N) is 1. The van der Waals surface area contributed by atoms with E-state index in [9.17, 15) is 18.3 Å². The SMILES string of the molecule is Cn1cnnc1CN1C[C@H](O)C[C@H]1c1ccc(C(F)(F)F)cc1. The predicted octanol–water partition coefficient (Wildman–Crippen LogP) is 2.14. The molecule has 0 radical (unpaired) electrons. The monoisotopic (exact) mass is 326 g/mol. The van der Waals surface area contributed by atoms with Crippen molar-refractivity contribution < 1.29 is 18.3 Å². The lowest BCUT2D eigenvalue weighted by Crippen LogP contribution is -2.26. The second kappa shape index (κ2) is 5.93. The lowest BCUT2D eigenvalue weighted by Gasteiger charge is -2.24. The van der Waals surface area contributed by atoms with Crippen LogP contribution in [0.3, 0.4) is 0 Å². The number of rotatable bonds is 3. The number of likely N-dealkylation sites (tertiary alicyclic amines) is 1. The van der Waals surface area contributed by atoms with E-state index in [2.05, 4.69) is 10.2 Å². The summed E-state index contributed by atoms with van der Waals surface area (Å²) >= 11 is 0. The summed E-state index contributed by atoms with van der Waals surface area (Å²) in [4.78, 5) is 2.01. The predicted molar refractivity (Wildman–Crippen MR) is 76.2 cm³/mol. The summed E-state index contributed by atoms with van der Waals surface area (Å²) in [5.74, 6) is 0.746. The molecule has 2 heterocycles. The third-order valence-corrected chi connectivity index (χ3v) is 4.15. The van der Waals surface area contributed by atoms with Crippen molar-refractivity contribution in [2.45, 2.75) is 31.3 Å². The average Bonchev–Trinajstić information content (AvgIpc) is 3.05. The van der Waals surface area contributed by atoms with Crippen molar-refractivity contribution in [1.82, 2.24) is 19.7 Å². The minimum atomic E-state index is -4.34. The molecule has 2 atom stereocenters. The molecule has 3 rings (SSSR count). The molecule has 5 nitrogen and oxygen atoms in total. The fourth-order valence-electron chi connectivity index (χ4n) is 2.93. The van der Waals surface area contributed by atoms with Gasteiger partial charge in [-0.25, -0.2) is 0 Å². The normalized spacial score (nSPS) is 22.7. The molecule has 124 valence electrons. The fraction of sp³-hybridized carbons (Fsp3) is 0.467. The van der Waals surface area contributed by atoms with E-state index in [1.165, 1.54) is 12.1 Å². The molecule has 0 amide bonds. The summed E-state index contributed by atoms with van der Waals surface area (Å²) in [7, 11) is 1.83. The first kappa shape index (κ1) is 15.9. The maximum atomic E-state index is 12.7. The van der Waals surface area contributed by atoms with Gasteiger partial charge in [-0.15, -0.1) is 10.2 Å². The van der Waals surface area contributed by atoms with Gasteiger partial charge < -0.3 is 9.67 Å². The van der Waals surface area contributed by atoms with Gasteiger partial charge in [0.1, 0.15) is 12.2 Å². The number of halogens is 3. The van der Waals surface area contributed by atoms with Crippen molar-refractivity contribution in [2.24, 2.45) is 7.05 Å². The van der Waals surface area contributed by atoms with E-state index < -0.39 is 17.8 Å². The Morgan fingerprint density at radius 2 is 1.96 bits per heavy atom. The molecular weight excluding hydrogens is 309 g/mol. The topological polar surface area (TPSA) is 54.2 Å². The van der Waals surface area contributed by atoms with Gasteiger partial charge in [-0.2, -0.15) is 13.2 Å². The van der Waals surface area contributed by atoms with Gasteiger partial charge in [0.25, 0.3) is 0 Å². The summed E-state index contributed by atoms with van der Waals surface area (Å²) in [6.45, 7) is 0.942. The zero-order valence-electron chi connectivity index (χ0n) is 12.5. The van der Waals surface area contributed by atoms with Gasteiger partial charge in [-0.1, -0.05) is 12.1 Å². The molecule has 23 heavy (non-hydrogen) atoms. The Kier molecular flexibility index (Phi) is 4.11. The Balaban J connectivity index is 1.80. The van der Waals surface area contributed by atoms with Crippen LogP contribution in [0.2, 0.25) is 0 Å². The number of aromatic nitrogens is 3. The highest BCUT2D eigenvalue weighted by molar-refractivity contribution is 5.27. The standard InChI is InChI=1S/C15H17F3N4O/c1-21-9-19-20-14(21)8-22-7-12(23)6-13(22)10-2-4-11(5-3-10)15(16,17)18/h2-5,9,12-13,23H,6-8H2,1H3/t12-,13+/m1/s1. The fourth-order valence-corrected chi connectivity index (χ4v) is 2.93. The molecule has 8 heteroatoms. The lowest BCUT2D eigenvalue weighted by molar-refractivity contribution is -0.137. The van der Waals surface area contributed by atoms with E-state index in [4.69, 9.17) is 0 Å². The zero-order valence-corrected chi connectivity index (χ0v) is 12.5. The van der Waals surface area contributed by atoms with Gasteiger partial charge >= 0.3 is 6.18 Å². The van der Waals surface area contributed by atoms with E-state index in [1.807, 2.05) is 11.9 Å². The minimum absolute atomic E-state index is 0.135. The highest BCUT2D eigenvalue weighted by Gasteiger charge is 2.34. The number of benzene rings is 1. The summed E-state index contributed by atoms with van der Waals surface area (Å²) in [6, 6.07) is 5.00. The number of aryl methyl sites for hydroxylation is 1. The highest BCUT2D eigenvalue weighted by atomic mass is 19.4. The number of nitrogens with zero attached hydrogens (tertiary/aromatic N) is 4. The second-order valence-electron chi connectivity index (χ2n) is 5.81. The molecule has 1 aromatic carbocycles. The molecule has 1 saturated heterocycles. The number of hydrogen-bond acceptors (Lipinski definition) is 4. The smallest absolute Gasteiger partial charge is 0.392 e. The first-order chi connectivity index (χ1) is 10.8. The van der Waals surface area contributed by atoms with Crippen LogP contribution in [0, 0.1) is 0 Å². The van der Waals surface area contributed by atoms with E-state index >= 15 is 0 Å². The van der Waals surface area contributed by atoms with Crippen LogP contribution >= 0.6 is 0 Å². The molecule has 0 unspecified atom stereocenters. The van der Waals surface area contributed by atoms with Crippen LogP contribution in [0.5, 0.6) is 0 Å². The van der Waals surface area contributed by atoms with Crippen molar-refractivity contribution >= 4 is 0 Å². The molecule has 1 aromatic heterocycles. The first-order valence-corrected chi connectivity index (χ1v) is 7.26. The zero-order chi connectivity index (χ0) is 16.6. The summed E-state index contributed by atoms with van der Waals surface area (Å²) in [5, 5.41) is 17.8. The van der Waals surface area contributed by atoms with E-state index in [-0.39, 0.29) is 6.04 Å². The third-order valence-electron chi connectivity index (χ3n) is 4.15. The van der Waals surface area contributed by atoms with Gasteiger partial charge in [0.05, 0.1) is 18.2 Å². The Labute approximate surface area is 131 Å². The van der Waals surface area contributed by atoms with Crippen molar-refractivity contribution in [1.29, 1.82) is 0 Å². The molecule has 1 aliphatic rings. The molecule has 1 fully saturated rings. The van der Waals surface area contributed by atoms with Crippen LogP contribution in [-0.4, -0.2) is 37.4 Å². The first-order valence-electron chi connectivity index (χ1n) is 7.26. The van der Waals surface area contributed by atoms with Crippen LogP contribution in [0.1, 0.15) is 29.4 Å². The highest BCUT2D eigenvalue weighted by Crippen LogP contribution is 2.35. The molecule has 0 bridgehead atoms. The van der Waals surface area contributed by atoms with Crippen molar-refractivity contribution in [3.05, 3.63) is 47.5 Å². The molecular formula is C15H17F3N4O. The van der Waals surface area contributed by atoms with E-state index in [1.54, 1.807) is 10.9 Å². The van der Waals surface area contributed by atoms with Crippen molar-refractivity contribution in [3.63, 3.8) is 0 Å². The summed E-state index contributed by atoms with van der Waals surface area (Å²) in [6.07, 6.45) is -2.76. The average molecular weight is 326 g/mol. The quantitative estimate of drug-likeness (QED) is 0.939. The third kappa shape index (κ3) is 3.37. The molecule has 1 N–H and O–H groups in total. The number of hydrogen-bond donors (Lipinski definition) is 1. The number of aliphatic hydroxyl groups is 1. The number of alkyl halides is 3. The summed E-state index contributed by atoms with van der Waals surface area (Å²) in [5.41, 5.74) is 0.0939. The van der Waals surface area contributed by atoms with Gasteiger partial charge in [-0.05, 0) is 24.1 Å². The van der Waals surface area contributed by atoms with E-state index in [0.717, 1.165) is 23.5 Å². The van der Waals surface area contributed by atoms with Crippen LogP contribution in [0.25, 0.3) is 0 Å². The van der Waals surface area contributed by atoms with Gasteiger partial charge in [0.2, 0.25) is 0 Å². The molecule has 0 aliphatic carbocycles. The molecule has 0 saturated carbocycles. The maximum absolute atomic E-state index is 12.7. The molecule has 2 aromatic rings. The minimum Gasteiger partial charge on any atom is -0.392 e. The van der Waals surface area contributed by atoms with Crippen LogP contribution in [0.15, 0.2) is 30.6 Å². The second-order valence-corrected chi connectivity index (χ2v) is 5.81. The van der Waals surface area contributed by atoms with Crippen LogP contribution < -0.4 is 0 Å². The van der Waals surface area contributed by atoms with Gasteiger partial charge in [0, 0.05) is 19.6 Å². The van der Waals surface area contributed by atoms with E-state index in [0.29, 0.717) is 19.5 Å². The Hall–Kier alpha value is -1.93. The molecule has 1 aliphatic heterocycles. The van der Waals surface area contributed by atoms with Crippen LogP contribution in [-0.2, 0) is 19.8 Å². The lowest BCUT2D eigenvalue weighted by atomic mass is 10.0. The Bertz CT molecular complexity index is 668. The maximum Gasteiger partial charge on any atom is 0.416 e. The molecule has 0 spiro atoms. The Morgan fingerprint density at radius 3 is 2.52 bits per heavy atom. The van der Waals surface area contributed by atoms with Crippen LogP contribution in [0.4, 0.5) is 13.2 Å². The largest absolute Gasteiger partial charge is 0.416 e. The van der Waals surface area contributed by atoms with Crippen molar-refractivity contribution in [3.8, 4) is 0 Å². The van der Waals surface area contributed by atoms with Crippen molar-refractivity contribution in [2.75, 3.05) is 6.54 Å². The summed E-state index contributed by atoms with van der Waals surface area (Å²) < 4.78 is 39.8. The van der Waals surface area contributed by atoms with Gasteiger partial charge in [-0.3, -0.25) is 4.90 Å². The number of aliphatic hydroxyl groups excluding tert-OH is 1.